The molecular weight excluding hydrogens is 314 g/mol. The van der Waals surface area contributed by atoms with Crippen molar-refractivity contribution in [3.05, 3.63) is 84.2 Å². The zero-order valence-corrected chi connectivity index (χ0v) is 14.4. The molecule has 1 aromatic heterocycles. The minimum absolute atomic E-state index is 0.0650. The number of ether oxygens (including phenoxy) is 1. The molecule has 0 aliphatic rings. The molecule has 2 aromatic carbocycles. The van der Waals surface area contributed by atoms with Gasteiger partial charge in [0.2, 0.25) is 0 Å². The van der Waals surface area contributed by atoms with Gasteiger partial charge in [-0.1, -0.05) is 42.5 Å². The highest BCUT2D eigenvalue weighted by Gasteiger charge is 2.23. The SMILES string of the molecule is COC(C(=O)N(C)Cc1ccc(-n2cccn2)cc1)c1ccccc1. The molecule has 0 fully saturated rings. The summed E-state index contributed by atoms with van der Waals surface area (Å²) in [4.78, 5) is 14.4. The van der Waals surface area contributed by atoms with Crippen LogP contribution in [0.1, 0.15) is 17.2 Å². The number of likely N-dealkylation sites (N-methyl/N-ethyl adjacent to an activating group) is 1. The molecule has 25 heavy (non-hydrogen) atoms. The second-order valence-electron chi connectivity index (χ2n) is 5.84. The average Bonchev–Trinajstić information content (AvgIpc) is 3.18. The van der Waals surface area contributed by atoms with Crippen LogP contribution in [0.5, 0.6) is 0 Å². The van der Waals surface area contributed by atoms with Gasteiger partial charge in [0.15, 0.2) is 6.10 Å². The Bertz CT molecular complexity index is 799. The van der Waals surface area contributed by atoms with Crippen molar-refractivity contribution in [1.29, 1.82) is 0 Å². The first kappa shape index (κ1) is 16.9. The van der Waals surface area contributed by atoms with Crippen LogP contribution in [0.15, 0.2) is 73.1 Å². The normalized spacial score (nSPS) is 11.9. The Hall–Kier alpha value is -2.92. The van der Waals surface area contributed by atoms with Crippen molar-refractivity contribution in [2.24, 2.45) is 0 Å². The predicted octanol–water partition coefficient (Wildman–Crippen LogP) is 3.22. The Morgan fingerprint density at radius 3 is 2.44 bits per heavy atom. The van der Waals surface area contributed by atoms with E-state index in [2.05, 4.69) is 5.10 Å². The minimum atomic E-state index is -0.588. The lowest BCUT2D eigenvalue weighted by molar-refractivity contribution is -0.141. The second-order valence-corrected chi connectivity index (χ2v) is 5.84. The molecule has 5 heteroatoms. The van der Waals surface area contributed by atoms with Crippen LogP contribution in [0.25, 0.3) is 5.69 Å². The summed E-state index contributed by atoms with van der Waals surface area (Å²) < 4.78 is 7.22. The fourth-order valence-corrected chi connectivity index (χ4v) is 2.73. The lowest BCUT2D eigenvalue weighted by Crippen LogP contribution is -2.32. The molecule has 0 N–H and O–H groups in total. The number of carbonyl (C=O) groups excluding carboxylic acids is 1. The standard InChI is InChI=1S/C20H21N3O2/c1-22(20(24)19(25-2)17-7-4-3-5-8-17)15-16-9-11-18(12-10-16)23-14-6-13-21-23/h3-14,19H,15H2,1-2H3. The largest absolute Gasteiger partial charge is 0.367 e. The third-order valence-corrected chi connectivity index (χ3v) is 4.06. The summed E-state index contributed by atoms with van der Waals surface area (Å²) in [5.74, 6) is -0.0650. The molecule has 128 valence electrons. The summed E-state index contributed by atoms with van der Waals surface area (Å²) >= 11 is 0. The Labute approximate surface area is 147 Å². The quantitative estimate of drug-likeness (QED) is 0.695. The molecular formula is C20H21N3O2. The van der Waals surface area contributed by atoms with Crippen molar-refractivity contribution in [3.63, 3.8) is 0 Å². The van der Waals surface area contributed by atoms with E-state index < -0.39 is 6.10 Å². The van der Waals surface area contributed by atoms with Crippen LogP contribution in [-0.2, 0) is 16.1 Å². The monoisotopic (exact) mass is 335 g/mol. The van der Waals surface area contributed by atoms with E-state index in [4.69, 9.17) is 4.74 Å². The molecule has 0 radical (unpaired) electrons. The molecule has 5 nitrogen and oxygen atoms in total. The molecule has 3 rings (SSSR count). The van der Waals surface area contributed by atoms with E-state index in [0.29, 0.717) is 6.54 Å². The number of rotatable bonds is 6. The molecule has 1 heterocycles. The molecule has 0 saturated heterocycles. The van der Waals surface area contributed by atoms with Crippen molar-refractivity contribution in [2.45, 2.75) is 12.6 Å². The predicted molar refractivity (Wildman–Crippen MR) is 96.2 cm³/mol. The smallest absolute Gasteiger partial charge is 0.256 e. The van der Waals surface area contributed by atoms with E-state index >= 15 is 0 Å². The Kier molecular flexibility index (Phi) is 5.26. The summed E-state index contributed by atoms with van der Waals surface area (Å²) in [6, 6.07) is 19.4. The summed E-state index contributed by atoms with van der Waals surface area (Å²) in [6.45, 7) is 0.519. The molecule has 1 unspecified atom stereocenters. The highest BCUT2D eigenvalue weighted by Crippen LogP contribution is 2.20. The zero-order valence-electron chi connectivity index (χ0n) is 14.4. The second kappa shape index (κ2) is 7.77. The van der Waals surface area contributed by atoms with Crippen LogP contribution in [0.4, 0.5) is 0 Å². The molecule has 0 bridgehead atoms. The number of carbonyl (C=O) groups is 1. The lowest BCUT2D eigenvalue weighted by Gasteiger charge is -2.23. The van der Waals surface area contributed by atoms with E-state index in [9.17, 15) is 4.79 Å². The Balaban J connectivity index is 1.68. The highest BCUT2D eigenvalue weighted by atomic mass is 16.5. The summed E-state index contributed by atoms with van der Waals surface area (Å²) in [7, 11) is 3.35. The van der Waals surface area contributed by atoms with Crippen molar-refractivity contribution in [3.8, 4) is 5.69 Å². The maximum Gasteiger partial charge on any atom is 0.256 e. The number of hydrogen-bond donors (Lipinski definition) is 0. The van der Waals surface area contributed by atoms with Gasteiger partial charge in [-0.2, -0.15) is 5.10 Å². The Morgan fingerprint density at radius 2 is 1.84 bits per heavy atom. The van der Waals surface area contributed by atoms with Crippen molar-refractivity contribution in [2.75, 3.05) is 14.2 Å². The first-order chi connectivity index (χ1) is 12.2. The topological polar surface area (TPSA) is 47.4 Å². The van der Waals surface area contributed by atoms with Gasteiger partial charge in [-0.25, -0.2) is 4.68 Å². The third kappa shape index (κ3) is 3.95. The van der Waals surface area contributed by atoms with Crippen LogP contribution < -0.4 is 0 Å². The van der Waals surface area contributed by atoms with Crippen LogP contribution in [0.3, 0.4) is 0 Å². The highest BCUT2D eigenvalue weighted by molar-refractivity contribution is 5.82. The van der Waals surface area contributed by atoms with Crippen LogP contribution >= 0.6 is 0 Å². The average molecular weight is 335 g/mol. The van der Waals surface area contributed by atoms with Gasteiger partial charge < -0.3 is 9.64 Å². The lowest BCUT2D eigenvalue weighted by atomic mass is 10.1. The number of amides is 1. The van der Waals surface area contributed by atoms with Crippen LogP contribution in [0, 0.1) is 0 Å². The molecule has 0 saturated carbocycles. The van der Waals surface area contributed by atoms with Gasteiger partial charge in [-0.05, 0) is 29.3 Å². The Morgan fingerprint density at radius 1 is 1.12 bits per heavy atom. The van der Waals surface area contributed by atoms with E-state index in [0.717, 1.165) is 16.8 Å². The molecule has 3 aromatic rings. The first-order valence-corrected chi connectivity index (χ1v) is 8.10. The number of benzene rings is 2. The summed E-state index contributed by atoms with van der Waals surface area (Å²) in [6.07, 6.45) is 3.05. The maximum atomic E-state index is 12.7. The van der Waals surface area contributed by atoms with Crippen molar-refractivity contribution >= 4 is 5.91 Å². The number of nitrogens with zero attached hydrogens (tertiary/aromatic N) is 3. The van der Waals surface area contributed by atoms with Crippen LogP contribution in [-0.4, -0.2) is 34.7 Å². The van der Waals surface area contributed by atoms with Gasteiger partial charge in [0.25, 0.3) is 5.91 Å². The van der Waals surface area contributed by atoms with Crippen LogP contribution in [0.2, 0.25) is 0 Å². The minimum Gasteiger partial charge on any atom is -0.367 e. The third-order valence-electron chi connectivity index (χ3n) is 4.06. The van der Waals surface area contributed by atoms with E-state index in [1.165, 1.54) is 0 Å². The van der Waals surface area contributed by atoms with E-state index in [-0.39, 0.29) is 5.91 Å². The fourth-order valence-electron chi connectivity index (χ4n) is 2.73. The van der Waals surface area contributed by atoms with Crippen molar-refractivity contribution in [1.82, 2.24) is 14.7 Å². The van der Waals surface area contributed by atoms with Gasteiger partial charge >= 0.3 is 0 Å². The summed E-state index contributed by atoms with van der Waals surface area (Å²) in [5.41, 5.74) is 2.90. The number of hydrogen-bond acceptors (Lipinski definition) is 3. The molecule has 0 aliphatic carbocycles. The van der Waals surface area contributed by atoms with E-state index in [1.54, 1.807) is 29.9 Å². The van der Waals surface area contributed by atoms with Gasteiger partial charge in [0.1, 0.15) is 0 Å². The van der Waals surface area contributed by atoms with Gasteiger partial charge in [0, 0.05) is 33.1 Å². The first-order valence-electron chi connectivity index (χ1n) is 8.10. The van der Waals surface area contributed by atoms with E-state index in [1.807, 2.05) is 66.9 Å². The number of methoxy groups -OCH3 is 1. The zero-order chi connectivity index (χ0) is 17.6. The summed E-state index contributed by atoms with van der Waals surface area (Å²) in [5, 5.41) is 4.21. The van der Waals surface area contributed by atoms with Crippen molar-refractivity contribution < 1.29 is 9.53 Å². The fraction of sp³-hybridized carbons (Fsp3) is 0.200. The molecule has 1 amide bonds. The molecule has 0 spiro atoms. The molecule has 0 aliphatic heterocycles. The van der Waals surface area contributed by atoms with Gasteiger partial charge in [-0.15, -0.1) is 0 Å². The van der Waals surface area contributed by atoms with Gasteiger partial charge in [0.05, 0.1) is 5.69 Å². The maximum absolute atomic E-state index is 12.7. The number of aromatic nitrogens is 2. The van der Waals surface area contributed by atoms with Gasteiger partial charge in [-0.3, -0.25) is 4.79 Å². The molecule has 1 atom stereocenters.